The minimum Gasteiger partial charge on any atom is -0.365 e. The van der Waals surface area contributed by atoms with Crippen LogP contribution in [0.25, 0.3) is 11.3 Å². The SMILES string of the molecule is CNc1nc(-c2ccccc2)cs1.CSCCC(N)C=O. The largest absolute Gasteiger partial charge is 0.365 e. The number of nitrogens with one attached hydrogen (secondary N) is 1. The summed E-state index contributed by atoms with van der Waals surface area (Å²) in [6, 6.07) is 9.93. The van der Waals surface area contributed by atoms with Gasteiger partial charge in [-0.2, -0.15) is 11.8 Å². The third-order valence-corrected chi connectivity index (χ3v) is 4.12. The van der Waals surface area contributed by atoms with Crippen LogP contribution in [0, 0.1) is 0 Å². The maximum absolute atomic E-state index is 9.88. The van der Waals surface area contributed by atoms with Crippen molar-refractivity contribution in [3.8, 4) is 11.3 Å². The van der Waals surface area contributed by atoms with Crippen LogP contribution in [0.2, 0.25) is 0 Å². The predicted octanol–water partition coefficient (Wildman–Crippen LogP) is 3.12. The van der Waals surface area contributed by atoms with Crippen molar-refractivity contribution in [2.24, 2.45) is 5.73 Å². The molecule has 1 atom stereocenters. The van der Waals surface area contributed by atoms with Gasteiger partial charge in [-0.25, -0.2) is 4.98 Å². The lowest BCUT2D eigenvalue weighted by Gasteiger charge is -1.98. The van der Waals surface area contributed by atoms with Crippen molar-refractivity contribution >= 4 is 34.5 Å². The fourth-order valence-electron chi connectivity index (χ4n) is 1.45. The van der Waals surface area contributed by atoms with Gasteiger partial charge in [-0.1, -0.05) is 30.3 Å². The van der Waals surface area contributed by atoms with Gasteiger partial charge in [0.25, 0.3) is 0 Å². The summed E-state index contributed by atoms with van der Waals surface area (Å²) in [6.07, 6.45) is 3.58. The van der Waals surface area contributed by atoms with E-state index in [-0.39, 0.29) is 6.04 Å². The van der Waals surface area contributed by atoms with E-state index in [1.165, 1.54) is 5.56 Å². The molecule has 0 saturated carbocycles. The zero-order chi connectivity index (χ0) is 15.5. The van der Waals surface area contributed by atoms with E-state index in [1.807, 2.05) is 31.5 Å². The van der Waals surface area contributed by atoms with E-state index in [0.29, 0.717) is 0 Å². The van der Waals surface area contributed by atoms with Gasteiger partial charge >= 0.3 is 0 Å². The number of thioether (sulfide) groups is 1. The van der Waals surface area contributed by atoms with E-state index in [0.717, 1.165) is 29.3 Å². The van der Waals surface area contributed by atoms with Gasteiger partial charge in [0.1, 0.15) is 6.29 Å². The van der Waals surface area contributed by atoms with Gasteiger partial charge in [0.15, 0.2) is 5.13 Å². The Morgan fingerprint density at radius 2 is 2.14 bits per heavy atom. The Morgan fingerprint density at radius 3 is 2.67 bits per heavy atom. The number of rotatable bonds is 6. The number of hydrogen-bond donors (Lipinski definition) is 2. The molecule has 3 N–H and O–H groups in total. The third-order valence-electron chi connectivity index (χ3n) is 2.62. The Morgan fingerprint density at radius 1 is 1.43 bits per heavy atom. The van der Waals surface area contributed by atoms with Crippen LogP contribution in [0.1, 0.15) is 6.42 Å². The summed E-state index contributed by atoms with van der Waals surface area (Å²) in [6.45, 7) is 0. The normalized spacial score (nSPS) is 11.2. The topological polar surface area (TPSA) is 68.0 Å². The molecule has 6 heteroatoms. The van der Waals surface area contributed by atoms with Crippen LogP contribution in [-0.2, 0) is 4.79 Å². The van der Waals surface area contributed by atoms with Gasteiger partial charge in [-0.3, -0.25) is 0 Å². The Kier molecular flexibility index (Phi) is 8.73. The van der Waals surface area contributed by atoms with E-state index in [4.69, 9.17) is 5.73 Å². The average molecular weight is 323 g/mol. The molecule has 1 unspecified atom stereocenters. The van der Waals surface area contributed by atoms with Crippen LogP contribution in [0.3, 0.4) is 0 Å². The molecule has 0 radical (unpaired) electrons. The summed E-state index contributed by atoms with van der Waals surface area (Å²) in [7, 11) is 1.88. The van der Waals surface area contributed by atoms with Crippen molar-refractivity contribution in [2.75, 3.05) is 24.4 Å². The Hall–Kier alpha value is -1.37. The molecule has 0 saturated heterocycles. The van der Waals surface area contributed by atoms with Crippen LogP contribution in [0.4, 0.5) is 5.13 Å². The van der Waals surface area contributed by atoms with Crippen molar-refractivity contribution in [1.29, 1.82) is 0 Å². The summed E-state index contributed by atoms with van der Waals surface area (Å²) in [4.78, 5) is 14.3. The molecule has 2 rings (SSSR count). The Balaban J connectivity index is 0.000000240. The lowest BCUT2D eigenvalue weighted by Crippen LogP contribution is -2.21. The summed E-state index contributed by atoms with van der Waals surface area (Å²) in [5.41, 5.74) is 7.48. The fourth-order valence-corrected chi connectivity index (χ4v) is 2.64. The van der Waals surface area contributed by atoms with E-state index in [9.17, 15) is 4.79 Å². The number of benzene rings is 1. The maximum Gasteiger partial charge on any atom is 0.182 e. The first-order chi connectivity index (χ1) is 10.2. The molecule has 0 spiro atoms. The van der Waals surface area contributed by atoms with Gasteiger partial charge in [-0.05, 0) is 18.4 Å². The molecule has 114 valence electrons. The minimum absolute atomic E-state index is 0.248. The molecule has 0 aliphatic carbocycles. The second kappa shape index (κ2) is 10.4. The van der Waals surface area contributed by atoms with E-state index >= 15 is 0 Å². The Labute approximate surface area is 134 Å². The van der Waals surface area contributed by atoms with Crippen molar-refractivity contribution in [3.05, 3.63) is 35.7 Å². The quantitative estimate of drug-likeness (QED) is 0.800. The zero-order valence-corrected chi connectivity index (χ0v) is 13.9. The molecule has 1 aromatic heterocycles. The molecule has 0 amide bonds. The van der Waals surface area contributed by atoms with E-state index in [2.05, 4.69) is 27.8 Å². The van der Waals surface area contributed by atoms with Crippen LogP contribution < -0.4 is 11.1 Å². The van der Waals surface area contributed by atoms with Crippen molar-refractivity contribution < 1.29 is 4.79 Å². The highest BCUT2D eigenvalue weighted by Gasteiger charge is 2.01. The Bertz CT molecular complexity index is 517. The molecular weight excluding hydrogens is 302 g/mol. The number of carbonyl (C=O) groups is 1. The molecule has 0 fully saturated rings. The molecule has 2 aromatic rings. The van der Waals surface area contributed by atoms with Gasteiger partial charge in [0, 0.05) is 18.0 Å². The van der Waals surface area contributed by atoms with Crippen LogP contribution in [0.5, 0.6) is 0 Å². The van der Waals surface area contributed by atoms with Crippen molar-refractivity contribution in [1.82, 2.24) is 4.98 Å². The van der Waals surface area contributed by atoms with E-state index in [1.54, 1.807) is 23.1 Å². The number of nitrogens with two attached hydrogens (primary N) is 1. The van der Waals surface area contributed by atoms with E-state index < -0.39 is 0 Å². The number of nitrogens with zero attached hydrogens (tertiary/aromatic N) is 1. The van der Waals surface area contributed by atoms with Crippen LogP contribution in [-0.4, -0.2) is 36.4 Å². The van der Waals surface area contributed by atoms with Crippen LogP contribution >= 0.6 is 23.1 Å². The molecular formula is C15H21N3OS2. The van der Waals surface area contributed by atoms with Crippen LogP contribution in [0.15, 0.2) is 35.7 Å². The maximum atomic E-state index is 9.88. The highest BCUT2D eigenvalue weighted by Crippen LogP contribution is 2.23. The molecule has 0 bridgehead atoms. The summed E-state index contributed by atoms with van der Waals surface area (Å²) >= 11 is 3.33. The zero-order valence-electron chi connectivity index (χ0n) is 12.3. The molecule has 1 heterocycles. The van der Waals surface area contributed by atoms with Crippen molar-refractivity contribution in [3.63, 3.8) is 0 Å². The van der Waals surface area contributed by atoms with Gasteiger partial charge in [0.05, 0.1) is 11.7 Å². The van der Waals surface area contributed by atoms with Gasteiger partial charge in [0.2, 0.25) is 0 Å². The van der Waals surface area contributed by atoms with Gasteiger partial charge in [-0.15, -0.1) is 11.3 Å². The number of aldehydes is 1. The number of anilines is 1. The number of carbonyl (C=O) groups excluding carboxylic acids is 1. The molecule has 21 heavy (non-hydrogen) atoms. The first kappa shape index (κ1) is 17.7. The molecule has 0 aliphatic heterocycles. The number of hydrogen-bond acceptors (Lipinski definition) is 6. The smallest absolute Gasteiger partial charge is 0.182 e. The second-order valence-electron chi connectivity index (χ2n) is 4.24. The standard InChI is InChI=1S/C10H10N2S.C5H11NOS/c1-11-10-12-9(7-13-10)8-5-3-2-4-6-8;1-8-3-2-5(6)4-7/h2-7H,1H3,(H,11,12);4-5H,2-3,6H2,1H3. The minimum atomic E-state index is -0.248. The lowest BCUT2D eigenvalue weighted by atomic mass is 10.2. The molecule has 1 aromatic carbocycles. The van der Waals surface area contributed by atoms with Crippen molar-refractivity contribution in [2.45, 2.75) is 12.5 Å². The first-order valence-electron chi connectivity index (χ1n) is 6.59. The second-order valence-corrected chi connectivity index (χ2v) is 6.08. The summed E-state index contributed by atoms with van der Waals surface area (Å²) < 4.78 is 0. The highest BCUT2D eigenvalue weighted by molar-refractivity contribution is 7.98. The number of thiazole rings is 1. The summed E-state index contributed by atoms with van der Waals surface area (Å²) in [5, 5.41) is 6.04. The number of aromatic nitrogens is 1. The van der Waals surface area contributed by atoms with Gasteiger partial charge < -0.3 is 15.8 Å². The molecule has 0 aliphatic rings. The lowest BCUT2D eigenvalue weighted by molar-refractivity contribution is -0.108. The summed E-state index contributed by atoms with van der Waals surface area (Å²) in [5.74, 6) is 0.972. The fraction of sp³-hybridized carbons (Fsp3) is 0.333. The monoisotopic (exact) mass is 323 g/mol. The third kappa shape index (κ3) is 6.75. The molecule has 4 nitrogen and oxygen atoms in total. The average Bonchev–Trinajstić information content (AvgIpc) is 3.03. The first-order valence-corrected chi connectivity index (χ1v) is 8.87. The highest BCUT2D eigenvalue weighted by atomic mass is 32.2. The predicted molar refractivity (Wildman–Crippen MR) is 94.1 cm³/mol.